The molecule has 0 unspecified atom stereocenters. The van der Waals surface area contributed by atoms with Crippen molar-refractivity contribution in [3.05, 3.63) is 24.3 Å². The molecule has 0 aliphatic heterocycles. The number of nitrogens with two attached hydrogens (primary N) is 1. The monoisotopic (exact) mass is 370 g/mol. The van der Waals surface area contributed by atoms with Crippen molar-refractivity contribution in [3.8, 4) is 0 Å². The van der Waals surface area contributed by atoms with Gasteiger partial charge in [0.2, 0.25) is 17.7 Å². The molecule has 0 heterocycles. The molecule has 1 aromatic carbocycles. The normalized spacial score (nSPS) is 11.3. The highest BCUT2D eigenvalue weighted by molar-refractivity contribution is 5.95. The van der Waals surface area contributed by atoms with E-state index in [1.807, 2.05) is 13.8 Å². The Hall–Kier alpha value is -2.12. The van der Waals surface area contributed by atoms with E-state index in [4.69, 9.17) is 5.73 Å². The predicted molar refractivity (Wildman–Crippen MR) is 102 cm³/mol. The van der Waals surface area contributed by atoms with Crippen LogP contribution in [0.1, 0.15) is 27.7 Å². The van der Waals surface area contributed by atoms with Gasteiger partial charge in [-0.05, 0) is 37.1 Å². The fourth-order valence-corrected chi connectivity index (χ4v) is 2.06. The summed E-state index contributed by atoms with van der Waals surface area (Å²) in [5.41, 5.74) is 7.10. The van der Waals surface area contributed by atoms with Crippen LogP contribution in [0.15, 0.2) is 24.3 Å². The first kappa shape index (κ1) is 22.9. The van der Waals surface area contributed by atoms with Crippen LogP contribution in [-0.4, -0.2) is 41.8 Å². The Kier molecular flexibility index (Phi) is 9.78. The van der Waals surface area contributed by atoms with E-state index in [0.717, 1.165) is 0 Å². The van der Waals surface area contributed by atoms with Crippen LogP contribution in [0.2, 0.25) is 0 Å². The van der Waals surface area contributed by atoms with Gasteiger partial charge in [0.1, 0.15) is 0 Å². The van der Waals surface area contributed by atoms with Crippen LogP contribution >= 0.6 is 12.4 Å². The van der Waals surface area contributed by atoms with Gasteiger partial charge in [-0.2, -0.15) is 0 Å². The minimum Gasteiger partial charge on any atom is -0.332 e. The topological polar surface area (TPSA) is 105 Å². The van der Waals surface area contributed by atoms with E-state index in [0.29, 0.717) is 17.9 Å². The second-order valence-electron chi connectivity index (χ2n) is 5.93. The summed E-state index contributed by atoms with van der Waals surface area (Å²) >= 11 is 0. The Morgan fingerprint density at radius 3 is 1.96 bits per heavy atom. The number of amides is 3. The summed E-state index contributed by atoms with van der Waals surface area (Å²) in [5.74, 6) is -0.682. The average molecular weight is 371 g/mol. The minimum absolute atomic E-state index is 0. The van der Waals surface area contributed by atoms with Crippen molar-refractivity contribution >= 4 is 41.5 Å². The van der Waals surface area contributed by atoms with Gasteiger partial charge in [0.05, 0.1) is 12.6 Å². The van der Waals surface area contributed by atoms with E-state index in [9.17, 15) is 14.4 Å². The number of nitrogens with one attached hydrogen (secondary N) is 2. The van der Waals surface area contributed by atoms with Crippen LogP contribution in [0.4, 0.5) is 11.4 Å². The van der Waals surface area contributed by atoms with Gasteiger partial charge in [-0.25, -0.2) is 0 Å². The van der Waals surface area contributed by atoms with Crippen molar-refractivity contribution < 1.29 is 14.4 Å². The van der Waals surface area contributed by atoms with Gasteiger partial charge in [0.25, 0.3) is 0 Å². The SMILES string of the molecule is CCN(CC(=O)Nc1ccc(NC(C)=O)cc1)C(=O)[C@@H](N)C(C)C.Cl. The van der Waals surface area contributed by atoms with E-state index >= 15 is 0 Å². The molecule has 1 rings (SSSR count). The average Bonchev–Trinajstić information content (AvgIpc) is 2.52. The summed E-state index contributed by atoms with van der Waals surface area (Å²) in [6.07, 6.45) is 0. The van der Waals surface area contributed by atoms with Gasteiger partial charge >= 0.3 is 0 Å². The van der Waals surface area contributed by atoms with Crippen molar-refractivity contribution in [1.29, 1.82) is 0 Å². The third kappa shape index (κ3) is 7.53. The Morgan fingerprint density at radius 1 is 1.08 bits per heavy atom. The molecule has 4 N–H and O–H groups in total. The zero-order valence-corrected chi connectivity index (χ0v) is 15.9. The fraction of sp³-hybridized carbons (Fsp3) is 0.471. The standard InChI is InChI=1S/C17H26N4O3.ClH/c1-5-21(17(24)16(18)11(2)3)10-15(23)20-14-8-6-13(7-9-14)19-12(4)22;/h6-9,11,16H,5,10,18H2,1-4H3,(H,19,22)(H,20,23);1H/t16-;/m0./s1. The number of rotatable bonds is 7. The molecule has 0 bridgehead atoms. The van der Waals surface area contributed by atoms with Gasteiger partial charge in [0.15, 0.2) is 0 Å². The third-order valence-electron chi connectivity index (χ3n) is 3.52. The summed E-state index contributed by atoms with van der Waals surface area (Å²) < 4.78 is 0. The molecule has 0 saturated heterocycles. The fourth-order valence-electron chi connectivity index (χ4n) is 2.06. The molecule has 0 aromatic heterocycles. The zero-order chi connectivity index (χ0) is 18.3. The Morgan fingerprint density at radius 2 is 1.56 bits per heavy atom. The van der Waals surface area contributed by atoms with Crippen LogP contribution in [0.5, 0.6) is 0 Å². The Labute approximate surface area is 154 Å². The molecule has 0 aliphatic rings. The summed E-state index contributed by atoms with van der Waals surface area (Å²) in [7, 11) is 0. The number of likely N-dealkylation sites (N-methyl/N-ethyl adjacent to an activating group) is 1. The summed E-state index contributed by atoms with van der Waals surface area (Å²) in [4.78, 5) is 36.8. The summed E-state index contributed by atoms with van der Waals surface area (Å²) in [6, 6.07) is 6.13. The smallest absolute Gasteiger partial charge is 0.243 e. The molecule has 140 valence electrons. The highest BCUT2D eigenvalue weighted by Gasteiger charge is 2.24. The van der Waals surface area contributed by atoms with Crippen LogP contribution in [0.3, 0.4) is 0 Å². The summed E-state index contributed by atoms with van der Waals surface area (Å²) in [5, 5.41) is 5.37. The number of halogens is 1. The number of carbonyl (C=O) groups is 3. The molecule has 8 heteroatoms. The lowest BCUT2D eigenvalue weighted by molar-refractivity contribution is -0.136. The number of hydrogen-bond donors (Lipinski definition) is 3. The molecule has 0 aliphatic carbocycles. The van der Waals surface area contributed by atoms with Crippen LogP contribution in [0.25, 0.3) is 0 Å². The van der Waals surface area contributed by atoms with Crippen molar-refractivity contribution in [2.24, 2.45) is 11.7 Å². The van der Waals surface area contributed by atoms with Gasteiger partial charge in [0, 0.05) is 24.8 Å². The van der Waals surface area contributed by atoms with Crippen molar-refractivity contribution in [2.45, 2.75) is 33.7 Å². The first-order valence-electron chi connectivity index (χ1n) is 7.96. The number of hydrogen-bond acceptors (Lipinski definition) is 4. The molecule has 0 saturated carbocycles. The van der Waals surface area contributed by atoms with Crippen molar-refractivity contribution in [2.75, 3.05) is 23.7 Å². The van der Waals surface area contributed by atoms with E-state index in [-0.39, 0.29) is 42.6 Å². The lowest BCUT2D eigenvalue weighted by Gasteiger charge is -2.25. The lowest BCUT2D eigenvalue weighted by Crippen LogP contribution is -2.48. The number of benzene rings is 1. The molecular formula is C17H27ClN4O3. The Balaban J connectivity index is 0.00000576. The quantitative estimate of drug-likeness (QED) is 0.681. The van der Waals surface area contributed by atoms with E-state index in [1.54, 1.807) is 31.2 Å². The number of carbonyl (C=O) groups excluding carboxylic acids is 3. The first-order chi connectivity index (χ1) is 11.2. The molecule has 25 heavy (non-hydrogen) atoms. The van der Waals surface area contributed by atoms with Gasteiger partial charge in [-0.15, -0.1) is 12.4 Å². The van der Waals surface area contributed by atoms with Crippen molar-refractivity contribution in [3.63, 3.8) is 0 Å². The second kappa shape index (κ2) is 10.7. The number of anilines is 2. The number of nitrogens with zero attached hydrogens (tertiary/aromatic N) is 1. The predicted octanol–water partition coefficient (Wildman–Crippen LogP) is 1.84. The van der Waals surface area contributed by atoms with Crippen molar-refractivity contribution in [1.82, 2.24) is 4.90 Å². The molecule has 7 nitrogen and oxygen atoms in total. The van der Waals surface area contributed by atoms with Gasteiger partial charge < -0.3 is 21.3 Å². The molecule has 1 aromatic rings. The van der Waals surface area contributed by atoms with E-state index in [2.05, 4.69) is 10.6 Å². The molecule has 0 spiro atoms. The van der Waals surface area contributed by atoms with Gasteiger partial charge in [-0.3, -0.25) is 14.4 Å². The third-order valence-corrected chi connectivity index (χ3v) is 3.52. The maximum absolute atomic E-state index is 12.2. The maximum atomic E-state index is 12.2. The largest absolute Gasteiger partial charge is 0.332 e. The molecule has 3 amide bonds. The second-order valence-corrected chi connectivity index (χ2v) is 5.93. The highest BCUT2D eigenvalue weighted by Crippen LogP contribution is 2.13. The molecule has 0 fully saturated rings. The zero-order valence-electron chi connectivity index (χ0n) is 15.0. The van der Waals surface area contributed by atoms with Gasteiger partial charge in [-0.1, -0.05) is 13.8 Å². The highest BCUT2D eigenvalue weighted by atomic mass is 35.5. The molecule has 0 radical (unpaired) electrons. The van der Waals surface area contributed by atoms with Crippen LogP contribution in [0, 0.1) is 5.92 Å². The van der Waals surface area contributed by atoms with Crippen LogP contribution < -0.4 is 16.4 Å². The molecule has 1 atom stereocenters. The minimum atomic E-state index is -0.616. The van der Waals surface area contributed by atoms with E-state index < -0.39 is 6.04 Å². The van der Waals surface area contributed by atoms with E-state index in [1.165, 1.54) is 11.8 Å². The maximum Gasteiger partial charge on any atom is 0.243 e. The summed E-state index contributed by atoms with van der Waals surface area (Å²) in [6.45, 7) is 7.33. The van der Waals surface area contributed by atoms with Crippen LogP contribution in [-0.2, 0) is 14.4 Å². The first-order valence-corrected chi connectivity index (χ1v) is 7.96. The molecular weight excluding hydrogens is 344 g/mol. The lowest BCUT2D eigenvalue weighted by atomic mass is 10.0. The Bertz CT molecular complexity index is 590.